The monoisotopic (exact) mass is 188 g/mol. The molecule has 0 aliphatic heterocycles. The van der Waals surface area contributed by atoms with Crippen molar-refractivity contribution in [2.45, 2.75) is 45.7 Å². The predicted octanol–water partition coefficient (Wildman–Crippen LogP) is 1.69. The molecule has 0 aliphatic carbocycles. The molecule has 0 saturated carbocycles. The first-order valence-electron chi connectivity index (χ1n) is 5.16. The maximum Gasteiger partial charge on any atom is 0.112 e. The first kappa shape index (κ1) is 12.1. The second-order valence-corrected chi connectivity index (χ2v) is 7.16. The van der Waals surface area contributed by atoms with Gasteiger partial charge in [-0.25, -0.2) is 0 Å². The van der Waals surface area contributed by atoms with E-state index in [1.165, 1.54) is 12.5 Å². The smallest absolute Gasteiger partial charge is 0.112 e. The van der Waals surface area contributed by atoms with Crippen molar-refractivity contribution in [3.8, 4) is 0 Å². The van der Waals surface area contributed by atoms with Gasteiger partial charge < -0.3 is 10.3 Å². The number of nitrogens with one attached hydrogen (secondary N) is 2. The zero-order chi connectivity index (χ0) is 9.40. The van der Waals surface area contributed by atoms with E-state index in [4.69, 9.17) is 0 Å². The summed E-state index contributed by atoms with van der Waals surface area (Å²) in [5.41, 5.74) is 0.878. The molecule has 1 unspecified atom stereocenters. The summed E-state index contributed by atoms with van der Waals surface area (Å²) in [6, 6.07) is 1.42. The Morgan fingerprint density at radius 2 is 1.92 bits per heavy atom. The van der Waals surface area contributed by atoms with Crippen molar-refractivity contribution < 1.29 is 0 Å². The van der Waals surface area contributed by atoms with Crippen molar-refractivity contribution in [3.63, 3.8) is 0 Å². The third kappa shape index (κ3) is 5.74. The van der Waals surface area contributed by atoms with Gasteiger partial charge in [-0.3, -0.25) is 0 Å². The molecule has 0 fully saturated rings. The number of hydrogen-bond donors (Lipinski definition) is 2. The van der Waals surface area contributed by atoms with Crippen molar-refractivity contribution >= 4 is 8.96 Å². The Morgan fingerprint density at radius 3 is 2.33 bits per heavy atom. The summed E-state index contributed by atoms with van der Waals surface area (Å²) in [4.78, 5) is 3.65. The van der Waals surface area contributed by atoms with Gasteiger partial charge in [-0.2, -0.15) is 0 Å². The zero-order valence-corrected chi connectivity index (χ0v) is 10.1. The largest absolute Gasteiger partial charge is 0.328 e. The summed E-state index contributed by atoms with van der Waals surface area (Å²) in [6.45, 7) is 11.2. The van der Waals surface area contributed by atoms with Crippen LogP contribution in [0.3, 0.4) is 0 Å². The fourth-order valence-corrected chi connectivity index (χ4v) is 3.68. The van der Waals surface area contributed by atoms with Gasteiger partial charge in [0, 0.05) is 6.67 Å². The van der Waals surface area contributed by atoms with Crippen LogP contribution in [0.1, 0.15) is 34.1 Å². The van der Waals surface area contributed by atoms with Crippen LogP contribution in [0.5, 0.6) is 0 Å². The lowest BCUT2D eigenvalue weighted by Crippen LogP contribution is -2.42. The summed E-state index contributed by atoms with van der Waals surface area (Å²) in [5.74, 6) is 0. The van der Waals surface area contributed by atoms with Crippen molar-refractivity contribution in [2.24, 2.45) is 0 Å². The highest BCUT2D eigenvalue weighted by Gasteiger charge is 2.12. The van der Waals surface area contributed by atoms with E-state index in [-0.39, 0.29) is 0 Å². The van der Waals surface area contributed by atoms with Crippen molar-refractivity contribution in [2.75, 3.05) is 13.2 Å². The topological polar surface area (TPSA) is 24.1 Å². The van der Waals surface area contributed by atoms with Crippen LogP contribution in [0.15, 0.2) is 0 Å². The molecule has 0 aromatic rings. The van der Waals surface area contributed by atoms with Crippen LogP contribution in [0.4, 0.5) is 0 Å². The van der Waals surface area contributed by atoms with Gasteiger partial charge in [0.25, 0.3) is 0 Å². The highest BCUT2D eigenvalue weighted by Crippen LogP contribution is 2.10. The van der Waals surface area contributed by atoms with Gasteiger partial charge in [-0.05, 0) is 18.1 Å². The van der Waals surface area contributed by atoms with E-state index < -0.39 is 8.96 Å². The number of rotatable bonds is 7. The fraction of sp³-hybridized carbons (Fsp3) is 1.00. The quantitative estimate of drug-likeness (QED) is 0.361. The molecule has 0 aromatic carbocycles. The molecule has 0 radical (unpaired) electrons. The SMILES string of the molecule is CCC[SiH](NCNCC)C(C)C. The summed E-state index contributed by atoms with van der Waals surface area (Å²) >= 11 is 0. The summed E-state index contributed by atoms with van der Waals surface area (Å²) < 4.78 is 0. The van der Waals surface area contributed by atoms with Crippen LogP contribution in [0.25, 0.3) is 0 Å². The van der Waals surface area contributed by atoms with E-state index >= 15 is 0 Å². The Bertz CT molecular complexity index is 96.5. The van der Waals surface area contributed by atoms with Gasteiger partial charge in [0.15, 0.2) is 0 Å². The summed E-state index contributed by atoms with van der Waals surface area (Å²) in [6.07, 6.45) is 1.33. The molecule has 2 N–H and O–H groups in total. The van der Waals surface area contributed by atoms with Gasteiger partial charge in [-0.15, -0.1) is 0 Å². The van der Waals surface area contributed by atoms with E-state index in [0.717, 1.165) is 18.8 Å². The van der Waals surface area contributed by atoms with Gasteiger partial charge >= 0.3 is 0 Å². The van der Waals surface area contributed by atoms with Gasteiger partial charge in [0.2, 0.25) is 0 Å². The molecule has 1 atom stereocenters. The molecule has 2 nitrogen and oxygen atoms in total. The highest BCUT2D eigenvalue weighted by molar-refractivity contribution is 6.57. The van der Waals surface area contributed by atoms with Crippen LogP contribution in [-0.4, -0.2) is 22.2 Å². The maximum atomic E-state index is 3.65. The van der Waals surface area contributed by atoms with E-state index in [1.807, 2.05) is 0 Å². The van der Waals surface area contributed by atoms with Gasteiger partial charge in [0.1, 0.15) is 8.96 Å². The van der Waals surface area contributed by atoms with Crippen LogP contribution in [0.2, 0.25) is 11.6 Å². The van der Waals surface area contributed by atoms with E-state index in [2.05, 4.69) is 38.0 Å². The minimum absolute atomic E-state index is 0.651. The van der Waals surface area contributed by atoms with Crippen molar-refractivity contribution in [3.05, 3.63) is 0 Å². The molecule has 0 aromatic heterocycles. The third-order valence-corrected chi connectivity index (χ3v) is 5.68. The molecule has 0 spiro atoms. The van der Waals surface area contributed by atoms with Gasteiger partial charge in [0.05, 0.1) is 0 Å². The molecule has 0 heterocycles. The minimum atomic E-state index is -0.651. The van der Waals surface area contributed by atoms with Crippen LogP contribution < -0.4 is 10.3 Å². The van der Waals surface area contributed by atoms with E-state index in [9.17, 15) is 0 Å². The average Bonchev–Trinajstić information content (AvgIpc) is 2.03. The van der Waals surface area contributed by atoms with Crippen molar-refractivity contribution in [1.82, 2.24) is 10.3 Å². The molecule has 0 bridgehead atoms. The second kappa shape index (κ2) is 7.77. The first-order valence-corrected chi connectivity index (χ1v) is 7.22. The van der Waals surface area contributed by atoms with Crippen LogP contribution in [0, 0.1) is 0 Å². The Balaban J connectivity index is 3.49. The standard InChI is InChI=1S/C9H24N2Si/c1-5-7-12(9(3)4)11-8-10-6-2/h9-12H,5-8H2,1-4H3. The minimum Gasteiger partial charge on any atom is -0.328 e. The molecule has 0 amide bonds. The lowest BCUT2D eigenvalue weighted by molar-refractivity contribution is 0.688. The number of hydrogen-bond acceptors (Lipinski definition) is 2. The van der Waals surface area contributed by atoms with Crippen molar-refractivity contribution in [1.29, 1.82) is 0 Å². The lowest BCUT2D eigenvalue weighted by atomic mass is 10.6. The molecular formula is C9H24N2Si. The summed E-state index contributed by atoms with van der Waals surface area (Å²) in [7, 11) is -0.651. The maximum absolute atomic E-state index is 3.65. The second-order valence-electron chi connectivity index (χ2n) is 3.62. The molecule has 0 saturated heterocycles. The third-order valence-electron chi connectivity index (χ3n) is 2.14. The van der Waals surface area contributed by atoms with E-state index in [0.29, 0.717) is 0 Å². The normalized spacial score (nSPS) is 13.8. The average molecular weight is 188 g/mol. The Labute approximate surface area is 78.8 Å². The zero-order valence-electron chi connectivity index (χ0n) is 8.98. The Kier molecular flexibility index (Phi) is 7.86. The van der Waals surface area contributed by atoms with Gasteiger partial charge in [-0.1, -0.05) is 34.1 Å². The lowest BCUT2D eigenvalue weighted by Gasteiger charge is -2.19. The molecule has 12 heavy (non-hydrogen) atoms. The highest BCUT2D eigenvalue weighted by atomic mass is 28.3. The predicted molar refractivity (Wildman–Crippen MR) is 59.0 cm³/mol. The molecule has 74 valence electrons. The van der Waals surface area contributed by atoms with E-state index in [1.54, 1.807) is 0 Å². The Morgan fingerprint density at radius 1 is 1.25 bits per heavy atom. The first-order chi connectivity index (χ1) is 5.72. The van der Waals surface area contributed by atoms with Crippen LogP contribution in [-0.2, 0) is 0 Å². The fourth-order valence-electron chi connectivity index (χ4n) is 1.31. The summed E-state index contributed by atoms with van der Waals surface area (Å²) in [5, 5.41) is 3.32. The molecule has 0 aliphatic rings. The molecule has 0 rings (SSSR count). The van der Waals surface area contributed by atoms with Crippen LogP contribution >= 0.6 is 0 Å². The molecule has 3 heteroatoms. The molecular weight excluding hydrogens is 164 g/mol. The Hall–Kier alpha value is 0.137.